The maximum absolute atomic E-state index is 4.05. The van der Waals surface area contributed by atoms with Gasteiger partial charge in [-0.3, -0.25) is 9.97 Å². The molecule has 0 aliphatic heterocycles. The van der Waals surface area contributed by atoms with E-state index in [2.05, 4.69) is 55.5 Å². The zero-order chi connectivity index (χ0) is 25.2. The van der Waals surface area contributed by atoms with Gasteiger partial charge in [-0.05, 0) is 87.3 Å². The van der Waals surface area contributed by atoms with E-state index >= 15 is 0 Å². The van der Waals surface area contributed by atoms with E-state index in [1.54, 1.807) is 0 Å². The first-order valence-corrected chi connectivity index (χ1v) is 16.3. The highest BCUT2D eigenvalue weighted by Crippen LogP contribution is 2.19. The average molecular weight is 533 g/mol. The summed E-state index contributed by atoms with van der Waals surface area (Å²) in [5, 5.41) is 14.2. The molecule has 202 valence electrons. The summed E-state index contributed by atoms with van der Waals surface area (Å²) in [7, 11) is 4.00. The third-order valence-corrected chi connectivity index (χ3v) is 8.29. The monoisotopic (exact) mass is 532 g/mol. The van der Waals surface area contributed by atoms with Crippen molar-refractivity contribution in [1.29, 1.82) is 0 Å². The molecule has 2 heterocycles. The lowest BCUT2D eigenvalue weighted by atomic mass is 10.2. The van der Waals surface area contributed by atoms with E-state index in [1.807, 2.05) is 46.4 Å². The summed E-state index contributed by atoms with van der Waals surface area (Å²) < 4.78 is 0. The summed E-state index contributed by atoms with van der Waals surface area (Å²) in [5.41, 5.74) is 2.62. The Morgan fingerprint density at radius 1 is 0.444 bits per heavy atom. The number of hydrogen-bond donors (Lipinski definition) is 4. The van der Waals surface area contributed by atoms with Gasteiger partial charge in [0.05, 0.1) is 0 Å². The molecule has 0 aromatic carbocycles. The standard InChI is InChI=1S/C28H48N6S2/c1(3-7-15-33-25-27-9-17-31-18-10-27)5-13-29-21-23-35-36-24-22-30-14-6-2-4-8-16-34-26-28-11-19-32-20-12-28/h9-12,17-20,29-30,33-34H,1-8,13-16,21-26H2. The predicted octanol–water partition coefficient (Wildman–Crippen LogP) is 5.04. The van der Waals surface area contributed by atoms with E-state index < -0.39 is 0 Å². The lowest BCUT2D eigenvalue weighted by Gasteiger charge is -2.07. The summed E-state index contributed by atoms with van der Waals surface area (Å²) in [4.78, 5) is 8.10. The molecular formula is C28H48N6S2. The molecule has 0 saturated carbocycles. The molecule has 0 spiro atoms. The highest BCUT2D eigenvalue weighted by Gasteiger charge is 1.96. The van der Waals surface area contributed by atoms with Gasteiger partial charge in [-0.15, -0.1) is 0 Å². The van der Waals surface area contributed by atoms with Gasteiger partial charge in [0, 0.05) is 62.5 Å². The molecule has 0 amide bonds. The second-order valence-electron chi connectivity index (χ2n) is 9.04. The van der Waals surface area contributed by atoms with Crippen LogP contribution in [0.1, 0.15) is 62.5 Å². The number of rotatable bonds is 25. The molecule has 2 aromatic heterocycles. The Bertz CT molecular complexity index is 646. The van der Waals surface area contributed by atoms with E-state index in [9.17, 15) is 0 Å². The van der Waals surface area contributed by atoms with Crippen LogP contribution in [0.25, 0.3) is 0 Å². The number of pyridine rings is 2. The summed E-state index contributed by atoms with van der Waals surface area (Å²) in [6, 6.07) is 8.29. The average Bonchev–Trinajstić information content (AvgIpc) is 2.92. The van der Waals surface area contributed by atoms with E-state index in [4.69, 9.17) is 0 Å². The maximum Gasteiger partial charge on any atom is 0.0271 e. The van der Waals surface area contributed by atoms with Crippen molar-refractivity contribution in [3.8, 4) is 0 Å². The molecule has 0 bridgehead atoms. The third-order valence-electron chi connectivity index (χ3n) is 5.88. The van der Waals surface area contributed by atoms with Crippen LogP contribution in [0.3, 0.4) is 0 Å². The Morgan fingerprint density at radius 2 is 0.806 bits per heavy atom. The van der Waals surface area contributed by atoms with Crippen LogP contribution in [0.2, 0.25) is 0 Å². The predicted molar refractivity (Wildman–Crippen MR) is 159 cm³/mol. The van der Waals surface area contributed by atoms with Gasteiger partial charge >= 0.3 is 0 Å². The molecule has 0 aliphatic carbocycles. The summed E-state index contributed by atoms with van der Waals surface area (Å²) in [5.74, 6) is 2.39. The molecule has 0 radical (unpaired) electrons. The fourth-order valence-corrected chi connectivity index (χ4v) is 5.67. The summed E-state index contributed by atoms with van der Waals surface area (Å²) >= 11 is 0. The highest BCUT2D eigenvalue weighted by molar-refractivity contribution is 8.76. The first kappa shape index (κ1) is 31.1. The van der Waals surface area contributed by atoms with Crippen LogP contribution in [0.5, 0.6) is 0 Å². The molecule has 36 heavy (non-hydrogen) atoms. The maximum atomic E-state index is 4.05. The van der Waals surface area contributed by atoms with Crippen LogP contribution in [0.4, 0.5) is 0 Å². The van der Waals surface area contributed by atoms with Crippen molar-refractivity contribution in [3.05, 3.63) is 60.2 Å². The van der Waals surface area contributed by atoms with Crippen LogP contribution < -0.4 is 21.3 Å². The smallest absolute Gasteiger partial charge is 0.0271 e. The molecule has 4 N–H and O–H groups in total. The molecule has 0 aliphatic rings. The van der Waals surface area contributed by atoms with Gasteiger partial charge < -0.3 is 21.3 Å². The Kier molecular flexibility index (Phi) is 20.9. The lowest BCUT2D eigenvalue weighted by molar-refractivity contribution is 0.569. The zero-order valence-corrected chi connectivity index (χ0v) is 23.7. The zero-order valence-electron chi connectivity index (χ0n) is 22.1. The van der Waals surface area contributed by atoms with Gasteiger partial charge in [-0.1, -0.05) is 47.3 Å². The van der Waals surface area contributed by atoms with Crippen LogP contribution in [-0.4, -0.2) is 60.7 Å². The number of hydrogen-bond acceptors (Lipinski definition) is 8. The van der Waals surface area contributed by atoms with Crippen molar-refractivity contribution in [2.75, 3.05) is 50.8 Å². The van der Waals surface area contributed by atoms with Crippen LogP contribution in [-0.2, 0) is 13.1 Å². The van der Waals surface area contributed by atoms with E-state index in [-0.39, 0.29) is 0 Å². The minimum absolute atomic E-state index is 0.947. The van der Waals surface area contributed by atoms with Crippen LogP contribution >= 0.6 is 21.6 Å². The number of aromatic nitrogens is 2. The Labute approximate surface area is 227 Å². The summed E-state index contributed by atoms with van der Waals surface area (Å²) in [6.45, 7) is 8.64. The number of nitrogens with one attached hydrogen (secondary N) is 4. The Morgan fingerprint density at radius 3 is 1.19 bits per heavy atom. The SMILES string of the molecule is c1cc(CNCCCCCCNCCSSCCNCCCCCCNCc2ccncc2)ccn1. The quantitative estimate of drug-likeness (QED) is 0.105. The van der Waals surface area contributed by atoms with Crippen LogP contribution in [0, 0.1) is 0 Å². The summed E-state index contributed by atoms with van der Waals surface area (Å²) in [6.07, 6.45) is 17.8. The number of nitrogens with zero attached hydrogens (tertiary/aromatic N) is 2. The van der Waals surface area contributed by atoms with Crippen molar-refractivity contribution < 1.29 is 0 Å². The van der Waals surface area contributed by atoms with Gasteiger partial charge in [0.1, 0.15) is 0 Å². The Hall–Kier alpha value is -1.16. The van der Waals surface area contributed by atoms with Gasteiger partial charge in [0.15, 0.2) is 0 Å². The Balaban J connectivity index is 1.18. The van der Waals surface area contributed by atoms with Crippen molar-refractivity contribution in [3.63, 3.8) is 0 Å². The minimum atomic E-state index is 0.947. The molecule has 0 fully saturated rings. The van der Waals surface area contributed by atoms with Gasteiger partial charge in [-0.2, -0.15) is 0 Å². The second-order valence-corrected chi connectivity index (χ2v) is 11.7. The highest BCUT2D eigenvalue weighted by atomic mass is 33.1. The molecule has 0 unspecified atom stereocenters. The fourth-order valence-electron chi connectivity index (χ4n) is 3.77. The fraction of sp³-hybridized carbons (Fsp3) is 0.643. The largest absolute Gasteiger partial charge is 0.316 e. The molecular weight excluding hydrogens is 484 g/mol. The van der Waals surface area contributed by atoms with Crippen molar-refractivity contribution >= 4 is 21.6 Å². The van der Waals surface area contributed by atoms with Crippen LogP contribution in [0.15, 0.2) is 49.1 Å². The van der Waals surface area contributed by atoms with E-state index in [1.165, 1.54) is 74.0 Å². The molecule has 6 nitrogen and oxygen atoms in total. The van der Waals surface area contributed by atoms with Crippen molar-refractivity contribution in [2.45, 2.75) is 64.5 Å². The van der Waals surface area contributed by atoms with Gasteiger partial charge in [-0.25, -0.2) is 0 Å². The van der Waals surface area contributed by atoms with E-state index in [0.717, 1.165) is 52.4 Å². The molecule has 2 rings (SSSR count). The van der Waals surface area contributed by atoms with Gasteiger partial charge in [0.2, 0.25) is 0 Å². The van der Waals surface area contributed by atoms with E-state index in [0.29, 0.717) is 0 Å². The topological polar surface area (TPSA) is 73.9 Å². The first-order chi connectivity index (χ1) is 17.9. The van der Waals surface area contributed by atoms with Crippen molar-refractivity contribution in [1.82, 2.24) is 31.2 Å². The lowest BCUT2D eigenvalue weighted by Crippen LogP contribution is -2.19. The second kappa shape index (κ2) is 24.2. The molecule has 0 saturated heterocycles. The first-order valence-electron chi connectivity index (χ1n) is 13.8. The molecule has 8 heteroatoms. The minimum Gasteiger partial charge on any atom is -0.316 e. The molecule has 0 atom stereocenters. The van der Waals surface area contributed by atoms with Crippen molar-refractivity contribution in [2.24, 2.45) is 0 Å². The molecule has 2 aromatic rings. The van der Waals surface area contributed by atoms with Gasteiger partial charge in [0.25, 0.3) is 0 Å². The normalized spacial score (nSPS) is 11.2. The number of unbranched alkanes of at least 4 members (excludes halogenated alkanes) is 6. The third kappa shape index (κ3) is 19.0.